The van der Waals surface area contributed by atoms with Crippen molar-refractivity contribution in [3.63, 3.8) is 0 Å². The number of para-hydroxylation sites is 1. The second-order valence-corrected chi connectivity index (χ2v) is 8.03. The fourth-order valence-corrected chi connectivity index (χ4v) is 4.81. The summed E-state index contributed by atoms with van der Waals surface area (Å²) in [6.45, 7) is 0.894. The van der Waals surface area contributed by atoms with Crippen LogP contribution in [-0.4, -0.2) is 37.9 Å². The summed E-state index contributed by atoms with van der Waals surface area (Å²) >= 11 is 0. The van der Waals surface area contributed by atoms with E-state index in [0.717, 1.165) is 40.6 Å². The Morgan fingerprint density at radius 1 is 1.04 bits per heavy atom. The minimum absolute atomic E-state index is 0.419. The van der Waals surface area contributed by atoms with E-state index in [4.69, 9.17) is 0 Å². The average molecular weight is 326 g/mol. The zero-order chi connectivity index (χ0) is 16.2. The topological polar surface area (TPSA) is 42.3 Å². The molecular formula is C18H18N2O2S. The van der Waals surface area contributed by atoms with Gasteiger partial charge in [0.2, 0.25) is 0 Å². The summed E-state index contributed by atoms with van der Waals surface area (Å²) in [5.41, 5.74) is 3.59. The van der Waals surface area contributed by atoms with Gasteiger partial charge in [-0.1, -0.05) is 30.3 Å². The predicted molar refractivity (Wildman–Crippen MR) is 92.2 cm³/mol. The summed E-state index contributed by atoms with van der Waals surface area (Å²) < 4.78 is 27.4. The van der Waals surface area contributed by atoms with Gasteiger partial charge in [-0.25, -0.2) is 12.4 Å². The summed E-state index contributed by atoms with van der Waals surface area (Å²) in [7, 11) is 0.510. The number of nitrogens with zero attached hydrogens (tertiary/aromatic N) is 2. The number of fused-ring (bicyclic) bond motifs is 7. The van der Waals surface area contributed by atoms with E-state index >= 15 is 0 Å². The molecule has 0 saturated carbocycles. The van der Waals surface area contributed by atoms with E-state index in [1.54, 1.807) is 6.20 Å². The molecule has 5 heteroatoms. The molecule has 0 radical (unpaired) electrons. The van der Waals surface area contributed by atoms with Crippen LogP contribution in [0.25, 0.3) is 22.0 Å². The van der Waals surface area contributed by atoms with Gasteiger partial charge in [0, 0.05) is 29.3 Å². The molecule has 4 nitrogen and oxygen atoms in total. The minimum atomic E-state index is -3.52. The van der Waals surface area contributed by atoms with E-state index in [2.05, 4.69) is 4.90 Å². The Hall–Kier alpha value is -2.11. The predicted octanol–water partition coefficient (Wildman–Crippen LogP) is 2.96. The van der Waals surface area contributed by atoms with Crippen LogP contribution >= 0.6 is 0 Å². The van der Waals surface area contributed by atoms with Gasteiger partial charge in [0.15, 0.2) is 0 Å². The lowest BCUT2D eigenvalue weighted by Crippen LogP contribution is -2.17. The molecule has 1 aliphatic rings. The van der Waals surface area contributed by atoms with Gasteiger partial charge in [-0.05, 0) is 38.2 Å². The first kappa shape index (κ1) is 14.5. The molecule has 118 valence electrons. The molecule has 1 aromatic heterocycles. The Bertz CT molecular complexity index is 1020. The van der Waals surface area contributed by atoms with Crippen LogP contribution < -0.4 is 0 Å². The van der Waals surface area contributed by atoms with Crippen LogP contribution in [0.5, 0.6) is 0 Å². The average Bonchev–Trinajstić information content (AvgIpc) is 2.89. The maximum Gasteiger partial charge on any atom is 0.268 e. The maximum atomic E-state index is 13.0. The van der Waals surface area contributed by atoms with Gasteiger partial charge >= 0.3 is 0 Å². The van der Waals surface area contributed by atoms with Crippen LogP contribution in [-0.2, 0) is 16.4 Å². The normalized spacial score (nSPS) is 15.1. The molecule has 3 aromatic rings. The van der Waals surface area contributed by atoms with Crippen LogP contribution in [0, 0.1) is 0 Å². The third-order valence-electron chi connectivity index (χ3n) is 4.40. The zero-order valence-corrected chi connectivity index (χ0v) is 14.0. The fraction of sp³-hybridized carbons (Fsp3) is 0.222. The molecule has 2 aromatic carbocycles. The van der Waals surface area contributed by atoms with E-state index in [1.165, 1.54) is 3.97 Å². The molecule has 23 heavy (non-hydrogen) atoms. The molecule has 0 fully saturated rings. The number of aromatic nitrogens is 1. The first-order valence-corrected chi connectivity index (χ1v) is 9.06. The molecular weight excluding hydrogens is 308 g/mol. The molecule has 0 aliphatic carbocycles. The Morgan fingerprint density at radius 3 is 2.61 bits per heavy atom. The highest BCUT2D eigenvalue weighted by Crippen LogP contribution is 2.41. The van der Waals surface area contributed by atoms with Crippen molar-refractivity contribution in [3.05, 3.63) is 54.2 Å². The molecule has 2 heterocycles. The highest BCUT2D eigenvalue weighted by molar-refractivity contribution is 7.90. The Morgan fingerprint density at radius 2 is 1.83 bits per heavy atom. The molecule has 0 unspecified atom stereocenters. The van der Waals surface area contributed by atoms with Crippen molar-refractivity contribution in [2.75, 3.05) is 20.6 Å². The molecule has 0 atom stereocenters. The monoisotopic (exact) mass is 326 g/mol. The quantitative estimate of drug-likeness (QED) is 0.581. The summed E-state index contributed by atoms with van der Waals surface area (Å²) in [6.07, 6.45) is 2.57. The lowest BCUT2D eigenvalue weighted by Gasteiger charge is -2.16. The number of benzene rings is 2. The Balaban J connectivity index is 1.93. The summed E-state index contributed by atoms with van der Waals surface area (Å²) in [6, 6.07) is 13.5. The Kier molecular flexibility index (Phi) is 3.11. The fourth-order valence-electron chi connectivity index (χ4n) is 3.18. The number of hydrogen-bond acceptors (Lipinski definition) is 3. The minimum Gasteiger partial charge on any atom is -0.309 e. The molecule has 1 aliphatic heterocycles. The van der Waals surface area contributed by atoms with Crippen molar-refractivity contribution in [2.24, 2.45) is 0 Å². The second-order valence-electron chi connectivity index (χ2n) is 6.24. The summed E-state index contributed by atoms with van der Waals surface area (Å²) in [4.78, 5) is 2.52. The summed E-state index contributed by atoms with van der Waals surface area (Å²) in [5.74, 6) is 0. The maximum absolute atomic E-state index is 13.0. The van der Waals surface area contributed by atoms with E-state index in [0.29, 0.717) is 4.90 Å². The molecule has 4 rings (SSSR count). The van der Waals surface area contributed by atoms with Gasteiger partial charge in [0.25, 0.3) is 10.0 Å². The van der Waals surface area contributed by atoms with Gasteiger partial charge in [-0.2, -0.15) is 0 Å². The summed E-state index contributed by atoms with van der Waals surface area (Å²) in [5, 5.41) is 0.982. The lowest BCUT2D eigenvalue weighted by molar-refractivity contribution is 0.413. The van der Waals surface area contributed by atoms with Crippen molar-refractivity contribution < 1.29 is 8.42 Å². The highest BCUT2D eigenvalue weighted by Gasteiger charge is 2.30. The standard InChI is InChI=1S/C18H18N2O2S/c1-19(2)10-9-13-7-8-15-16-12-20(23(21,22)18(15)11-13)17-6-4-3-5-14(16)17/h3-8,11-12H,9-10H2,1-2H3. The molecule has 0 saturated heterocycles. The van der Waals surface area contributed by atoms with Crippen molar-refractivity contribution in [2.45, 2.75) is 11.3 Å². The third-order valence-corrected chi connectivity index (χ3v) is 6.11. The molecule has 0 N–H and O–H groups in total. The number of hydrogen-bond donors (Lipinski definition) is 0. The van der Waals surface area contributed by atoms with Crippen LogP contribution in [0.4, 0.5) is 0 Å². The SMILES string of the molecule is CN(C)CCc1ccc2c(c1)S(=O)(=O)n1cc-2c2ccccc21. The molecule has 0 spiro atoms. The van der Waals surface area contributed by atoms with Crippen molar-refractivity contribution >= 4 is 20.9 Å². The van der Waals surface area contributed by atoms with E-state index in [1.807, 2.05) is 56.6 Å². The zero-order valence-electron chi connectivity index (χ0n) is 13.2. The van der Waals surface area contributed by atoms with Crippen molar-refractivity contribution in [1.29, 1.82) is 0 Å². The van der Waals surface area contributed by atoms with Crippen LogP contribution in [0.2, 0.25) is 0 Å². The number of likely N-dealkylation sites (N-methyl/N-ethyl adjacent to an activating group) is 1. The van der Waals surface area contributed by atoms with Crippen LogP contribution in [0.1, 0.15) is 5.56 Å². The van der Waals surface area contributed by atoms with Gasteiger partial charge in [0.1, 0.15) is 0 Å². The Labute approximate surface area is 136 Å². The first-order chi connectivity index (χ1) is 11.0. The second kappa shape index (κ2) is 4.94. The van der Waals surface area contributed by atoms with E-state index in [-0.39, 0.29) is 0 Å². The van der Waals surface area contributed by atoms with Gasteiger partial charge in [-0.15, -0.1) is 0 Å². The molecule has 0 amide bonds. The van der Waals surface area contributed by atoms with Crippen LogP contribution in [0.3, 0.4) is 0 Å². The lowest BCUT2D eigenvalue weighted by atomic mass is 10.0. The van der Waals surface area contributed by atoms with Crippen molar-refractivity contribution in [3.8, 4) is 11.1 Å². The van der Waals surface area contributed by atoms with Gasteiger partial charge < -0.3 is 4.90 Å². The largest absolute Gasteiger partial charge is 0.309 e. The smallest absolute Gasteiger partial charge is 0.268 e. The highest BCUT2D eigenvalue weighted by atomic mass is 32.2. The van der Waals surface area contributed by atoms with E-state index in [9.17, 15) is 8.42 Å². The van der Waals surface area contributed by atoms with Crippen molar-refractivity contribution in [1.82, 2.24) is 8.87 Å². The number of rotatable bonds is 3. The van der Waals surface area contributed by atoms with Gasteiger partial charge in [-0.3, -0.25) is 0 Å². The molecule has 2 bridgehead atoms. The first-order valence-electron chi connectivity index (χ1n) is 7.62. The third kappa shape index (κ3) is 2.11. The van der Waals surface area contributed by atoms with Gasteiger partial charge in [0.05, 0.1) is 10.4 Å². The van der Waals surface area contributed by atoms with E-state index < -0.39 is 10.0 Å². The van der Waals surface area contributed by atoms with Crippen LogP contribution in [0.15, 0.2) is 53.6 Å².